The summed E-state index contributed by atoms with van der Waals surface area (Å²) in [6, 6.07) is 0. The van der Waals surface area contributed by atoms with Crippen molar-refractivity contribution in [1.82, 2.24) is 19.9 Å². The molecule has 1 amide bonds. The predicted molar refractivity (Wildman–Crippen MR) is 82.9 cm³/mol. The lowest BCUT2D eigenvalue weighted by molar-refractivity contribution is -0.161. The van der Waals surface area contributed by atoms with E-state index in [0.717, 1.165) is 0 Å². The van der Waals surface area contributed by atoms with Crippen LogP contribution in [0.15, 0.2) is 18.9 Å². The first-order valence-electron chi connectivity index (χ1n) is 7.58. The molecule has 1 aromatic heterocycles. The standard InChI is InChI=1S/C15H22N4O5/c1-4-15(2,23)11-9-19(17-16-11)6-5-12(20)18-7-10(8-18)13(24-3)14(21)22/h4,9-10,13,23H,1,5-8H2,2-3H3,(H,21,22). The summed E-state index contributed by atoms with van der Waals surface area (Å²) in [5.74, 6) is -1.28. The van der Waals surface area contributed by atoms with Gasteiger partial charge in [0.2, 0.25) is 5.91 Å². The Morgan fingerprint density at radius 2 is 2.25 bits per heavy atom. The molecule has 0 radical (unpaired) electrons. The molecule has 1 saturated heterocycles. The molecule has 1 fully saturated rings. The van der Waals surface area contributed by atoms with Crippen LogP contribution in [0.25, 0.3) is 0 Å². The fourth-order valence-electron chi connectivity index (χ4n) is 2.52. The first-order valence-corrected chi connectivity index (χ1v) is 7.58. The average molecular weight is 338 g/mol. The van der Waals surface area contributed by atoms with Gasteiger partial charge in [-0.1, -0.05) is 17.9 Å². The Kier molecular flexibility index (Phi) is 5.35. The number of ether oxygens (including phenoxy) is 1. The van der Waals surface area contributed by atoms with Gasteiger partial charge in [0.1, 0.15) is 11.3 Å². The molecular formula is C15H22N4O5. The molecule has 9 heteroatoms. The van der Waals surface area contributed by atoms with E-state index in [1.54, 1.807) is 18.0 Å². The zero-order chi connectivity index (χ0) is 17.9. The minimum Gasteiger partial charge on any atom is -0.479 e. The van der Waals surface area contributed by atoms with Crippen molar-refractivity contribution in [1.29, 1.82) is 0 Å². The summed E-state index contributed by atoms with van der Waals surface area (Å²) in [5, 5.41) is 26.7. The Morgan fingerprint density at radius 3 is 2.79 bits per heavy atom. The number of aryl methyl sites for hydroxylation is 1. The van der Waals surface area contributed by atoms with Crippen molar-refractivity contribution in [2.45, 2.75) is 31.6 Å². The molecule has 2 N–H and O–H groups in total. The number of hydrogen-bond acceptors (Lipinski definition) is 6. The van der Waals surface area contributed by atoms with Crippen LogP contribution >= 0.6 is 0 Å². The van der Waals surface area contributed by atoms with Gasteiger partial charge in [0.15, 0.2) is 6.10 Å². The van der Waals surface area contributed by atoms with Gasteiger partial charge < -0.3 is 19.8 Å². The van der Waals surface area contributed by atoms with Crippen molar-refractivity contribution in [2.75, 3.05) is 20.2 Å². The van der Waals surface area contributed by atoms with E-state index in [4.69, 9.17) is 9.84 Å². The summed E-state index contributed by atoms with van der Waals surface area (Å²) in [6.45, 7) is 6.16. The number of aromatic nitrogens is 3. The van der Waals surface area contributed by atoms with E-state index in [0.29, 0.717) is 25.3 Å². The highest BCUT2D eigenvalue weighted by molar-refractivity contribution is 5.78. The SMILES string of the molecule is C=CC(C)(O)c1cn(CCC(=O)N2CC(C(OC)C(=O)O)C2)nn1. The predicted octanol–water partition coefficient (Wildman–Crippen LogP) is -0.380. The van der Waals surface area contributed by atoms with Crippen molar-refractivity contribution in [3.8, 4) is 0 Å². The van der Waals surface area contributed by atoms with Crippen LogP contribution < -0.4 is 0 Å². The maximum absolute atomic E-state index is 12.1. The second-order valence-electron chi connectivity index (χ2n) is 6.02. The maximum Gasteiger partial charge on any atom is 0.333 e. The van der Waals surface area contributed by atoms with Crippen molar-refractivity contribution >= 4 is 11.9 Å². The van der Waals surface area contributed by atoms with Gasteiger partial charge in [-0.3, -0.25) is 9.48 Å². The van der Waals surface area contributed by atoms with Crippen molar-refractivity contribution in [3.63, 3.8) is 0 Å². The zero-order valence-electron chi connectivity index (χ0n) is 13.8. The lowest BCUT2D eigenvalue weighted by Gasteiger charge is -2.41. The number of methoxy groups -OCH3 is 1. The average Bonchev–Trinajstić information content (AvgIpc) is 2.97. The monoisotopic (exact) mass is 338 g/mol. The number of aliphatic carboxylic acids is 1. The Balaban J connectivity index is 1.81. The number of carbonyl (C=O) groups excluding carboxylic acids is 1. The van der Waals surface area contributed by atoms with Gasteiger partial charge in [0.05, 0.1) is 12.7 Å². The van der Waals surface area contributed by atoms with Crippen LogP contribution in [0.5, 0.6) is 0 Å². The Bertz CT molecular complexity index is 621. The molecule has 2 heterocycles. The number of carboxylic acid groups (broad SMARTS) is 1. The third-order valence-electron chi connectivity index (χ3n) is 4.20. The van der Waals surface area contributed by atoms with E-state index in [1.165, 1.54) is 17.9 Å². The highest BCUT2D eigenvalue weighted by Gasteiger charge is 2.39. The summed E-state index contributed by atoms with van der Waals surface area (Å²) in [4.78, 5) is 24.7. The number of likely N-dealkylation sites (tertiary alicyclic amines) is 1. The third-order valence-corrected chi connectivity index (χ3v) is 4.20. The first kappa shape index (κ1) is 18.1. The van der Waals surface area contributed by atoms with Gasteiger partial charge in [0, 0.05) is 32.5 Å². The molecule has 2 rings (SSSR count). The summed E-state index contributed by atoms with van der Waals surface area (Å²) >= 11 is 0. The number of aliphatic hydroxyl groups is 1. The van der Waals surface area contributed by atoms with Gasteiger partial charge in [-0.25, -0.2) is 4.79 Å². The van der Waals surface area contributed by atoms with Gasteiger partial charge in [0.25, 0.3) is 0 Å². The highest BCUT2D eigenvalue weighted by Crippen LogP contribution is 2.22. The molecule has 9 nitrogen and oxygen atoms in total. The van der Waals surface area contributed by atoms with E-state index in [1.807, 2.05) is 0 Å². The van der Waals surface area contributed by atoms with Crippen molar-refractivity contribution in [2.24, 2.45) is 5.92 Å². The van der Waals surface area contributed by atoms with Crippen LogP contribution in [0, 0.1) is 5.92 Å². The molecule has 0 aromatic carbocycles. The molecule has 1 aliphatic rings. The smallest absolute Gasteiger partial charge is 0.333 e. The van der Waals surface area contributed by atoms with Crippen LogP contribution in [-0.4, -0.2) is 68.3 Å². The van der Waals surface area contributed by atoms with Gasteiger partial charge >= 0.3 is 5.97 Å². The largest absolute Gasteiger partial charge is 0.479 e. The Morgan fingerprint density at radius 1 is 1.58 bits per heavy atom. The van der Waals surface area contributed by atoms with Crippen LogP contribution in [0.3, 0.4) is 0 Å². The quantitative estimate of drug-likeness (QED) is 0.620. The minimum atomic E-state index is -1.26. The second-order valence-corrected chi connectivity index (χ2v) is 6.02. The molecule has 1 aromatic rings. The maximum atomic E-state index is 12.1. The Hall–Kier alpha value is -2.26. The highest BCUT2D eigenvalue weighted by atomic mass is 16.5. The van der Waals surface area contributed by atoms with Crippen molar-refractivity contribution < 1.29 is 24.5 Å². The number of rotatable bonds is 8. The molecule has 0 saturated carbocycles. The topological polar surface area (TPSA) is 118 Å². The number of carbonyl (C=O) groups is 2. The fourth-order valence-corrected chi connectivity index (χ4v) is 2.52. The molecule has 132 valence electrons. The molecule has 1 aliphatic heterocycles. The Labute approximate surface area is 139 Å². The van der Waals surface area contributed by atoms with E-state index in [2.05, 4.69) is 16.9 Å². The number of hydrogen-bond donors (Lipinski definition) is 2. The minimum absolute atomic E-state index is 0.0842. The van der Waals surface area contributed by atoms with Crippen LogP contribution in [0.4, 0.5) is 0 Å². The summed E-state index contributed by atoms with van der Waals surface area (Å²) in [5.41, 5.74) is -0.905. The molecule has 0 spiro atoms. The van der Waals surface area contributed by atoms with Gasteiger partial charge in [-0.15, -0.1) is 5.10 Å². The summed E-state index contributed by atoms with van der Waals surface area (Å²) in [6.07, 6.45) is 2.27. The van der Waals surface area contributed by atoms with E-state index < -0.39 is 17.7 Å². The molecule has 24 heavy (non-hydrogen) atoms. The number of carboxylic acids is 1. The van der Waals surface area contributed by atoms with E-state index in [-0.39, 0.29) is 18.2 Å². The van der Waals surface area contributed by atoms with Crippen LogP contribution in [0.2, 0.25) is 0 Å². The first-order chi connectivity index (χ1) is 11.3. The van der Waals surface area contributed by atoms with Crippen LogP contribution in [0.1, 0.15) is 19.0 Å². The molecule has 2 unspecified atom stereocenters. The normalized spacial score (nSPS) is 18.5. The molecule has 0 bridgehead atoms. The van der Waals surface area contributed by atoms with E-state index >= 15 is 0 Å². The fraction of sp³-hybridized carbons (Fsp3) is 0.600. The summed E-state index contributed by atoms with van der Waals surface area (Å²) < 4.78 is 6.41. The lowest BCUT2D eigenvalue weighted by atomic mass is 9.93. The molecular weight excluding hydrogens is 316 g/mol. The van der Waals surface area contributed by atoms with Gasteiger partial charge in [-0.05, 0) is 6.92 Å². The van der Waals surface area contributed by atoms with Gasteiger partial charge in [-0.2, -0.15) is 0 Å². The summed E-state index contributed by atoms with van der Waals surface area (Å²) in [7, 11) is 1.35. The van der Waals surface area contributed by atoms with Crippen molar-refractivity contribution in [3.05, 3.63) is 24.5 Å². The van der Waals surface area contributed by atoms with Crippen LogP contribution in [-0.2, 0) is 26.5 Å². The lowest BCUT2D eigenvalue weighted by Crippen LogP contribution is -2.56. The second kappa shape index (κ2) is 7.10. The zero-order valence-corrected chi connectivity index (χ0v) is 13.8. The number of amides is 1. The third kappa shape index (κ3) is 3.80. The molecule has 0 aliphatic carbocycles. The number of nitrogens with zero attached hydrogens (tertiary/aromatic N) is 4. The molecule has 2 atom stereocenters. The van der Waals surface area contributed by atoms with E-state index in [9.17, 15) is 14.7 Å².